The van der Waals surface area contributed by atoms with Crippen molar-refractivity contribution in [3.05, 3.63) is 35.9 Å². The van der Waals surface area contributed by atoms with Crippen LogP contribution in [0.4, 0.5) is 0 Å². The van der Waals surface area contributed by atoms with Crippen LogP contribution in [0.15, 0.2) is 30.3 Å². The lowest BCUT2D eigenvalue weighted by atomic mass is 9.92. The van der Waals surface area contributed by atoms with Gasteiger partial charge in [0.1, 0.15) is 0 Å². The monoisotopic (exact) mass is 174 g/mol. The maximum Gasteiger partial charge on any atom is -0.0157 e. The van der Waals surface area contributed by atoms with E-state index >= 15 is 0 Å². The summed E-state index contributed by atoms with van der Waals surface area (Å²) in [6.07, 6.45) is 1.39. The van der Waals surface area contributed by atoms with E-state index in [-0.39, 0.29) is 0 Å². The van der Waals surface area contributed by atoms with E-state index in [4.69, 9.17) is 0 Å². The summed E-state index contributed by atoms with van der Waals surface area (Å²) in [5.41, 5.74) is 2.09. The average molecular weight is 174 g/mol. The van der Waals surface area contributed by atoms with Crippen LogP contribution in [0.3, 0.4) is 0 Å². The van der Waals surface area contributed by atoms with Gasteiger partial charge in [-0.1, -0.05) is 51.1 Å². The minimum absolute atomic E-state index is 0.593. The summed E-state index contributed by atoms with van der Waals surface area (Å²) >= 11 is 0. The second-order valence-electron chi connectivity index (χ2n) is 5.00. The fraction of sp³-hybridized carbons (Fsp3) is 0.538. The highest BCUT2D eigenvalue weighted by Gasteiger charge is 2.48. The van der Waals surface area contributed by atoms with Crippen LogP contribution in [-0.2, 0) is 0 Å². The summed E-state index contributed by atoms with van der Waals surface area (Å²) in [6.45, 7) is 7.10. The second-order valence-corrected chi connectivity index (χ2v) is 5.00. The molecular weight excluding hydrogens is 156 g/mol. The van der Waals surface area contributed by atoms with Crippen LogP contribution in [0, 0.1) is 11.3 Å². The van der Waals surface area contributed by atoms with Crippen LogP contribution in [0.2, 0.25) is 0 Å². The van der Waals surface area contributed by atoms with Crippen molar-refractivity contribution in [3.63, 3.8) is 0 Å². The van der Waals surface area contributed by atoms with E-state index in [0.29, 0.717) is 5.41 Å². The predicted molar refractivity (Wildman–Crippen MR) is 56.7 cm³/mol. The Labute approximate surface area is 81.0 Å². The van der Waals surface area contributed by atoms with Crippen LogP contribution < -0.4 is 0 Å². The highest BCUT2D eigenvalue weighted by atomic mass is 14.5. The van der Waals surface area contributed by atoms with Gasteiger partial charge >= 0.3 is 0 Å². The lowest BCUT2D eigenvalue weighted by Crippen LogP contribution is -2.00. The fourth-order valence-corrected chi connectivity index (χ4v) is 2.35. The van der Waals surface area contributed by atoms with Gasteiger partial charge in [-0.25, -0.2) is 0 Å². The molecule has 0 nitrogen and oxygen atoms in total. The average Bonchev–Trinajstić information content (AvgIpc) is 2.76. The Kier molecular flexibility index (Phi) is 1.94. The molecule has 0 spiro atoms. The van der Waals surface area contributed by atoms with Gasteiger partial charge in [-0.05, 0) is 29.2 Å². The van der Waals surface area contributed by atoms with Gasteiger partial charge < -0.3 is 0 Å². The number of hydrogen-bond acceptors (Lipinski definition) is 0. The van der Waals surface area contributed by atoms with Gasteiger partial charge in [0.25, 0.3) is 0 Å². The minimum atomic E-state index is 0.593. The molecule has 0 aromatic heterocycles. The molecule has 0 saturated heterocycles. The van der Waals surface area contributed by atoms with Crippen molar-refractivity contribution >= 4 is 0 Å². The number of benzene rings is 1. The molecule has 2 atom stereocenters. The second kappa shape index (κ2) is 2.87. The summed E-state index contributed by atoms with van der Waals surface area (Å²) in [5, 5.41) is 0. The van der Waals surface area contributed by atoms with Crippen LogP contribution in [-0.4, -0.2) is 0 Å². The van der Waals surface area contributed by atoms with Gasteiger partial charge in [0.15, 0.2) is 0 Å². The van der Waals surface area contributed by atoms with Gasteiger partial charge in [-0.2, -0.15) is 0 Å². The molecule has 0 heteroatoms. The van der Waals surface area contributed by atoms with E-state index in [9.17, 15) is 0 Å². The van der Waals surface area contributed by atoms with Crippen molar-refractivity contribution < 1.29 is 0 Å². The van der Waals surface area contributed by atoms with Crippen molar-refractivity contribution in [2.75, 3.05) is 0 Å². The molecule has 1 fully saturated rings. The molecule has 0 amide bonds. The van der Waals surface area contributed by atoms with Gasteiger partial charge in [-0.3, -0.25) is 0 Å². The Balaban J connectivity index is 2.12. The highest BCUT2D eigenvalue weighted by Crippen LogP contribution is 2.58. The van der Waals surface area contributed by atoms with Crippen molar-refractivity contribution in [3.8, 4) is 0 Å². The Hall–Kier alpha value is -0.780. The predicted octanol–water partition coefficient (Wildman–Crippen LogP) is 3.84. The highest BCUT2D eigenvalue weighted by molar-refractivity contribution is 5.22. The summed E-state index contributed by atoms with van der Waals surface area (Å²) in [4.78, 5) is 0. The maximum atomic E-state index is 2.37. The quantitative estimate of drug-likeness (QED) is 0.639. The molecule has 0 N–H and O–H groups in total. The number of hydrogen-bond donors (Lipinski definition) is 0. The summed E-state index contributed by atoms with van der Waals surface area (Å²) in [5.74, 6) is 1.63. The first kappa shape index (κ1) is 8.80. The Morgan fingerprint density at radius 2 is 1.77 bits per heavy atom. The van der Waals surface area contributed by atoms with E-state index in [1.54, 1.807) is 0 Å². The van der Waals surface area contributed by atoms with Crippen molar-refractivity contribution in [2.24, 2.45) is 11.3 Å². The molecule has 70 valence electrons. The molecule has 13 heavy (non-hydrogen) atoms. The largest absolute Gasteiger partial charge is 0.0622 e. The molecule has 0 heterocycles. The van der Waals surface area contributed by atoms with E-state index in [2.05, 4.69) is 51.1 Å². The van der Waals surface area contributed by atoms with Crippen LogP contribution in [0.5, 0.6) is 0 Å². The molecular formula is C13H18. The normalized spacial score (nSPS) is 26.8. The third-order valence-corrected chi connectivity index (χ3v) is 3.52. The zero-order valence-electron chi connectivity index (χ0n) is 8.75. The zero-order chi connectivity index (χ0) is 9.47. The van der Waals surface area contributed by atoms with E-state index in [1.165, 1.54) is 12.0 Å². The van der Waals surface area contributed by atoms with E-state index in [1.807, 2.05) is 0 Å². The first-order chi connectivity index (χ1) is 6.11. The summed E-state index contributed by atoms with van der Waals surface area (Å²) in [7, 11) is 0. The van der Waals surface area contributed by atoms with Crippen molar-refractivity contribution in [2.45, 2.75) is 33.1 Å². The molecule has 1 aromatic rings. The summed E-state index contributed by atoms with van der Waals surface area (Å²) < 4.78 is 0. The van der Waals surface area contributed by atoms with Crippen molar-refractivity contribution in [1.82, 2.24) is 0 Å². The molecule has 1 aliphatic carbocycles. The standard InChI is InChI=1S/C13H18/c1-10(12-9-13(12,2)3)11-7-5-4-6-8-11/h4-8,10,12H,9H2,1-3H3. The molecule has 2 rings (SSSR count). The third-order valence-electron chi connectivity index (χ3n) is 3.52. The SMILES string of the molecule is CC(c1ccccc1)C1CC1(C)C. The first-order valence-electron chi connectivity index (χ1n) is 5.16. The Bertz CT molecular complexity index is 284. The maximum absolute atomic E-state index is 2.37. The van der Waals surface area contributed by atoms with Crippen LogP contribution in [0.1, 0.15) is 38.7 Å². The number of rotatable bonds is 2. The summed E-state index contributed by atoms with van der Waals surface area (Å²) in [6, 6.07) is 10.9. The molecule has 1 aromatic carbocycles. The topological polar surface area (TPSA) is 0 Å². The van der Waals surface area contributed by atoms with E-state index in [0.717, 1.165) is 11.8 Å². The van der Waals surface area contributed by atoms with Gasteiger partial charge in [0.2, 0.25) is 0 Å². The van der Waals surface area contributed by atoms with Crippen LogP contribution in [0.25, 0.3) is 0 Å². The fourth-order valence-electron chi connectivity index (χ4n) is 2.35. The van der Waals surface area contributed by atoms with Crippen LogP contribution >= 0.6 is 0 Å². The lowest BCUT2D eigenvalue weighted by molar-refractivity contribution is 0.504. The molecule has 2 unspecified atom stereocenters. The molecule has 1 aliphatic rings. The third kappa shape index (κ3) is 1.63. The van der Waals surface area contributed by atoms with Gasteiger partial charge in [0.05, 0.1) is 0 Å². The Morgan fingerprint density at radius 1 is 1.23 bits per heavy atom. The molecule has 0 aliphatic heterocycles. The lowest BCUT2D eigenvalue weighted by Gasteiger charge is -2.13. The molecule has 1 saturated carbocycles. The van der Waals surface area contributed by atoms with Crippen molar-refractivity contribution in [1.29, 1.82) is 0 Å². The zero-order valence-corrected chi connectivity index (χ0v) is 8.75. The Morgan fingerprint density at radius 3 is 2.23 bits per heavy atom. The first-order valence-corrected chi connectivity index (χ1v) is 5.16. The smallest absolute Gasteiger partial charge is 0.0157 e. The van der Waals surface area contributed by atoms with E-state index < -0.39 is 0 Å². The molecule has 0 bridgehead atoms. The molecule has 0 radical (unpaired) electrons. The minimum Gasteiger partial charge on any atom is -0.0622 e. The van der Waals surface area contributed by atoms with Gasteiger partial charge in [-0.15, -0.1) is 0 Å². The van der Waals surface area contributed by atoms with Gasteiger partial charge in [0, 0.05) is 0 Å².